The molecule has 1 unspecified atom stereocenters. The first-order valence-electron chi connectivity index (χ1n) is 5.27. The molecule has 1 aliphatic rings. The fourth-order valence-corrected chi connectivity index (χ4v) is 1.76. The normalized spacial score (nSPS) is 23.7. The molecule has 82 valence electrons. The van der Waals surface area contributed by atoms with Gasteiger partial charge in [0.15, 0.2) is 0 Å². The van der Waals surface area contributed by atoms with Crippen molar-refractivity contribution in [2.45, 2.75) is 38.8 Å². The van der Waals surface area contributed by atoms with E-state index in [0.717, 1.165) is 26.1 Å². The first-order valence-corrected chi connectivity index (χ1v) is 5.27. The number of rotatable bonds is 2. The zero-order valence-corrected chi connectivity index (χ0v) is 9.34. The zero-order valence-electron chi connectivity index (χ0n) is 9.34. The van der Waals surface area contributed by atoms with Crippen molar-refractivity contribution in [3.05, 3.63) is 0 Å². The molecule has 0 aromatic carbocycles. The van der Waals surface area contributed by atoms with Gasteiger partial charge in [-0.05, 0) is 20.3 Å². The van der Waals surface area contributed by atoms with E-state index >= 15 is 0 Å². The maximum Gasteiger partial charge on any atom is 0.242 e. The number of nitrogens with two attached hydrogens (primary N) is 1. The van der Waals surface area contributed by atoms with Crippen LogP contribution < -0.4 is 11.1 Å². The van der Waals surface area contributed by atoms with Crippen molar-refractivity contribution in [1.82, 2.24) is 10.2 Å². The summed E-state index contributed by atoms with van der Waals surface area (Å²) in [5.74, 6) is 0.0610. The number of piperazine rings is 1. The lowest BCUT2D eigenvalue weighted by molar-refractivity contribution is -0.139. The van der Waals surface area contributed by atoms with Gasteiger partial charge in [-0.1, -0.05) is 6.92 Å². The van der Waals surface area contributed by atoms with E-state index < -0.39 is 5.54 Å². The Kier molecular flexibility index (Phi) is 3.50. The number of nitrogens with one attached hydrogen (secondary N) is 1. The molecule has 4 nitrogen and oxygen atoms in total. The minimum Gasteiger partial charge on any atom is -0.336 e. The molecule has 14 heavy (non-hydrogen) atoms. The Morgan fingerprint density at radius 2 is 2.29 bits per heavy atom. The molecule has 1 aliphatic heterocycles. The van der Waals surface area contributed by atoms with Gasteiger partial charge < -0.3 is 16.0 Å². The predicted octanol–water partition coefficient (Wildman–Crippen LogP) is -0.0659. The Morgan fingerprint density at radius 1 is 1.64 bits per heavy atom. The van der Waals surface area contributed by atoms with Gasteiger partial charge in [0, 0.05) is 25.7 Å². The zero-order chi connectivity index (χ0) is 10.8. The maximum atomic E-state index is 12.0. The third-order valence-corrected chi connectivity index (χ3v) is 2.63. The highest BCUT2D eigenvalue weighted by Crippen LogP contribution is 2.12. The van der Waals surface area contributed by atoms with Gasteiger partial charge in [-0.2, -0.15) is 0 Å². The molecule has 1 saturated heterocycles. The maximum absolute atomic E-state index is 12.0. The van der Waals surface area contributed by atoms with E-state index in [1.165, 1.54) is 0 Å². The van der Waals surface area contributed by atoms with Crippen molar-refractivity contribution in [3.63, 3.8) is 0 Å². The highest BCUT2D eigenvalue weighted by atomic mass is 16.2. The number of carbonyl (C=O) groups is 1. The Labute approximate surface area is 85.8 Å². The minimum atomic E-state index is -0.745. The summed E-state index contributed by atoms with van der Waals surface area (Å²) in [6.07, 6.45) is 0.981. The molecule has 1 heterocycles. The van der Waals surface area contributed by atoms with E-state index in [9.17, 15) is 4.79 Å². The third-order valence-electron chi connectivity index (χ3n) is 2.63. The van der Waals surface area contributed by atoms with Crippen molar-refractivity contribution >= 4 is 5.91 Å². The summed E-state index contributed by atoms with van der Waals surface area (Å²) >= 11 is 0. The van der Waals surface area contributed by atoms with Gasteiger partial charge in [-0.3, -0.25) is 4.79 Å². The van der Waals surface area contributed by atoms with E-state index in [4.69, 9.17) is 5.73 Å². The molecule has 0 spiro atoms. The molecule has 4 heteroatoms. The van der Waals surface area contributed by atoms with Gasteiger partial charge in [-0.15, -0.1) is 0 Å². The second-order valence-electron chi connectivity index (χ2n) is 4.49. The minimum absolute atomic E-state index is 0.0610. The lowest BCUT2D eigenvalue weighted by Crippen LogP contribution is -2.60. The summed E-state index contributed by atoms with van der Waals surface area (Å²) in [7, 11) is 0. The quantitative estimate of drug-likeness (QED) is 0.655. The molecule has 1 amide bonds. The van der Waals surface area contributed by atoms with Crippen molar-refractivity contribution < 1.29 is 4.79 Å². The lowest BCUT2D eigenvalue weighted by atomic mass is 10.0. The van der Waals surface area contributed by atoms with Crippen molar-refractivity contribution in [3.8, 4) is 0 Å². The van der Waals surface area contributed by atoms with Crippen molar-refractivity contribution in [2.24, 2.45) is 5.73 Å². The van der Waals surface area contributed by atoms with Crippen LogP contribution in [-0.2, 0) is 4.79 Å². The van der Waals surface area contributed by atoms with Crippen molar-refractivity contribution in [1.29, 1.82) is 0 Å². The van der Waals surface area contributed by atoms with Gasteiger partial charge in [-0.25, -0.2) is 0 Å². The number of amides is 1. The molecule has 0 saturated carbocycles. The van der Waals surface area contributed by atoms with E-state index in [-0.39, 0.29) is 5.91 Å². The summed E-state index contributed by atoms with van der Waals surface area (Å²) in [4.78, 5) is 13.9. The number of carbonyl (C=O) groups excluding carboxylic acids is 1. The van der Waals surface area contributed by atoms with Crippen molar-refractivity contribution in [2.75, 3.05) is 19.6 Å². The van der Waals surface area contributed by atoms with Crippen LogP contribution >= 0.6 is 0 Å². The molecular formula is C10H21N3O. The van der Waals surface area contributed by atoms with Crippen LogP contribution in [0.5, 0.6) is 0 Å². The van der Waals surface area contributed by atoms with Crippen LogP contribution in [0.25, 0.3) is 0 Å². The molecule has 0 bridgehead atoms. The molecule has 3 N–H and O–H groups in total. The molecule has 0 aromatic rings. The van der Waals surface area contributed by atoms with E-state index in [1.54, 1.807) is 13.8 Å². The first kappa shape index (κ1) is 11.5. The molecule has 0 aromatic heterocycles. The van der Waals surface area contributed by atoms with Crippen LogP contribution in [-0.4, -0.2) is 42.0 Å². The highest BCUT2D eigenvalue weighted by molar-refractivity contribution is 5.85. The standard InChI is InChI=1S/C10H21N3O/c1-4-8-7-12-5-6-13(8)9(14)10(2,3)11/h8,12H,4-7,11H2,1-3H3. The molecular weight excluding hydrogens is 178 g/mol. The average molecular weight is 199 g/mol. The lowest BCUT2D eigenvalue weighted by Gasteiger charge is -2.39. The van der Waals surface area contributed by atoms with Crippen LogP contribution in [0.4, 0.5) is 0 Å². The fourth-order valence-electron chi connectivity index (χ4n) is 1.76. The molecule has 1 fully saturated rings. The average Bonchev–Trinajstić information content (AvgIpc) is 2.15. The molecule has 1 atom stereocenters. The van der Waals surface area contributed by atoms with Gasteiger partial charge in [0.05, 0.1) is 5.54 Å². The smallest absolute Gasteiger partial charge is 0.242 e. The fraction of sp³-hybridized carbons (Fsp3) is 0.900. The largest absolute Gasteiger partial charge is 0.336 e. The predicted molar refractivity (Wildman–Crippen MR) is 56.9 cm³/mol. The summed E-state index contributed by atoms with van der Waals surface area (Å²) in [5.41, 5.74) is 5.07. The summed E-state index contributed by atoms with van der Waals surface area (Å²) in [6, 6.07) is 0.305. The van der Waals surface area contributed by atoms with Gasteiger partial charge in [0.25, 0.3) is 0 Å². The summed E-state index contributed by atoms with van der Waals surface area (Å²) in [6.45, 7) is 8.17. The van der Waals surface area contributed by atoms with Crippen LogP contribution in [0.1, 0.15) is 27.2 Å². The van der Waals surface area contributed by atoms with Gasteiger partial charge in [0.1, 0.15) is 0 Å². The van der Waals surface area contributed by atoms with E-state index in [2.05, 4.69) is 12.2 Å². The monoisotopic (exact) mass is 199 g/mol. The second kappa shape index (κ2) is 4.28. The number of hydrogen-bond donors (Lipinski definition) is 2. The molecule has 0 radical (unpaired) electrons. The van der Waals surface area contributed by atoms with Crippen LogP contribution in [0.3, 0.4) is 0 Å². The van der Waals surface area contributed by atoms with Gasteiger partial charge in [0.2, 0.25) is 5.91 Å². The van der Waals surface area contributed by atoms with E-state index in [1.807, 2.05) is 4.90 Å². The van der Waals surface area contributed by atoms with Gasteiger partial charge >= 0.3 is 0 Å². The SMILES string of the molecule is CCC1CNCCN1C(=O)C(C)(C)N. The van der Waals surface area contributed by atoms with E-state index in [0.29, 0.717) is 6.04 Å². The van der Waals surface area contributed by atoms with Crippen LogP contribution in [0, 0.1) is 0 Å². The third kappa shape index (κ3) is 2.45. The molecule has 1 rings (SSSR count). The number of hydrogen-bond acceptors (Lipinski definition) is 3. The van der Waals surface area contributed by atoms with Crippen LogP contribution in [0.15, 0.2) is 0 Å². The second-order valence-corrected chi connectivity index (χ2v) is 4.49. The molecule has 0 aliphatic carbocycles. The Bertz CT molecular complexity index is 210. The Morgan fingerprint density at radius 3 is 2.79 bits per heavy atom. The highest BCUT2D eigenvalue weighted by Gasteiger charge is 2.32. The summed E-state index contributed by atoms with van der Waals surface area (Å²) < 4.78 is 0. The first-order chi connectivity index (χ1) is 6.46. The topological polar surface area (TPSA) is 58.4 Å². The summed E-state index contributed by atoms with van der Waals surface area (Å²) in [5, 5.41) is 3.29. The Hall–Kier alpha value is -0.610. The number of nitrogens with zero attached hydrogens (tertiary/aromatic N) is 1. The Balaban J connectivity index is 2.69. The van der Waals surface area contributed by atoms with Crippen LogP contribution in [0.2, 0.25) is 0 Å².